The van der Waals surface area contributed by atoms with Crippen molar-refractivity contribution in [2.24, 2.45) is 0 Å². The van der Waals surface area contributed by atoms with Gasteiger partial charge in [-0.15, -0.1) is 0 Å². The van der Waals surface area contributed by atoms with Crippen LogP contribution in [0.15, 0.2) is 59.5 Å². The van der Waals surface area contributed by atoms with Gasteiger partial charge in [0.1, 0.15) is 0 Å². The van der Waals surface area contributed by atoms with Gasteiger partial charge in [0, 0.05) is 30.7 Å². The molecule has 0 saturated carbocycles. The number of morpholine rings is 1. The maximum Gasteiger partial charge on any atom is 0.240 e. The van der Waals surface area contributed by atoms with Gasteiger partial charge in [-0.3, -0.25) is 4.90 Å². The number of rotatable bonds is 6. The van der Waals surface area contributed by atoms with Gasteiger partial charge in [-0.25, -0.2) is 13.1 Å². The van der Waals surface area contributed by atoms with Gasteiger partial charge >= 0.3 is 0 Å². The fourth-order valence-corrected chi connectivity index (χ4v) is 4.27. The molecular weight excluding hydrogens is 360 g/mol. The number of ether oxygens (including phenoxy) is 1. The lowest BCUT2D eigenvalue weighted by molar-refractivity contribution is 0.0172. The van der Waals surface area contributed by atoms with Gasteiger partial charge in [0.05, 0.1) is 18.1 Å². The lowest BCUT2D eigenvalue weighted by atomic mass is 10.1. The summed E-state index contributed by atoms with van der Waals surface area (Å²) in [4.78, 5) is 2.42. The van der Waals surface area contributed by atoms with Gasteiger partial charge < -0.3 is 4.74 Å². The molecular formula is C18H21ClN2O3S. The summed E-state index contributed by atoms with van der Waals surface area (Å²) in [6.45, 7) is 3.16. The molecule has 0 spiro atoms. The van der Waals surface area contributed by atoms with Crippen LogP contribution in [0.25, 0.3) is 0 Å². The van der Waals surface area contributed by atoms with Gasteiger partial charge in [0.15, 0.2) is 0 Å². The molecule has 2 aromatic carbocycles. The van der Waals surface area contributed by atoms with Crippen LogP contribution in [0.1, 0.15) is 11.6 Å². The number of hydrogen-bond donors (Lipinski definition) is 1. The van der Waals surface area contributed by atoms with Crippen molar-refractivity contribution in [3.8, 4) is 0 Å². The van der Waals surface area contributed by atoms with E-state index in [1.807, 2.05) is 30.3 Å². The average molecular weight is 381 g/mol. The van der Waals surface area contributed by atoms with E-state index < -0.39 is 10.0 Å². The third-order valence-corrected chi connectivity index (χ3v) is 5.90. The second-order valence-electron chi connectivity index (χ2n) is 5.88. The Kier molecular flexibility index (Phi) is 6.09. The number of halogens is 1. The van der Waals surface area contributed by atoms with Gasteiger partial charge in [-0.2, -0.15) is 0 Å². The Morgan fingerprint density at radius 1 is 1.08 bits per heavy atom. The van der Waals surface area contributed by atoms with Crippen molar-refractivity contribution in [2.45, 2.75) is 10.9 Å². The first kappa shape index (κ1) is 18.4. The molecule has 0 unspecified atom stereocenters. The minimum absolute atomic E-state index is 0.0425. The van der Waals surface area contributed by atoms with E-state index in [0.29, 0.717) is 24.8 Å². The van der Waals surface area contributed by atoms with E-state index in [-0.39, 0.29) is 10.9 Å². The highest BCUT2D eigenvalue weighted by Crippen LogP contribution is 2.22. The zero-order valence-corrected chi connectivity index (χ0v) is 15.3. The molecule has 1 aliphatic rings. The smallest absolute Gasteiger partial charge is 0.240 e. The van der Waals surface area contributed by atoms with Gasteiger partial charge in [-0.05, 0) is 23.8 Å². The van der Waals surface area contributed by atoms with Crippen LogP contribution in [0.5, 0.6) is 0 Å². The van der Waals surface area contributed by atoms with E-state index in [0.717, 1.165) is 18.7 Å². The quantitative estimate of drug-likeness (QED) is 0.837. The predicted molar refractivity (Wildman–Crippen MR) is 98.2 cm³/mol. The lowest BCUT2D eigenvalue weighted by Gasteiger charge is -2.34. The third-order valence-electron chi connectivity index (χ3n) is 4.24. The van der Waals surface area contributed by atoms with Crippen LogP contribution in [0.4, 0.5) is 0 Å². The monoisotopic (exact) mass is 380 g/mol. The van der Waals surface area contributed by atoms with Crippen LogP contribution in [0.3, 0.4) is 0 Å². The molecule has 7 heteroatoms. The Balaban J connectivity index is 1.78. The highest BCUT2D eigenvalue weighted by atomic mass is 35.5. The molecule has 1 N–H and O–H groups in total. The molecule has 5 nitrogen and oxygen atoms in total. The van der Waals surface area contributed by atoms with E-state index in [9.17, 15) is 8.42 Å². The summed E-state index contributed by atoms with van der Waals surface area (Å²) in [5, 5.41) is 0.399. The van der Waals surface area contributed by atoms with Crippen molar-refractivity contribution in [1.29, 1.82) is 0 Å². The maximum absolute atomic E-state index is 12.6. The van der Waals surface area contributed by atoms with Crippen molar-refractivity contribution in [2.75, 3.05) is 32.8 Å². The molecule has 1 fully saturated rings. The van der Waals surface area contributed by atoms with Gasteiger partial charge in [0.2, 0.25) is 10.0 Å². The first-order valence-corrected chi connectivity index (χ1v) is 10.0. The topological polar surface area (TPSA) is 58.6 Å². The maximum atomic E-state index is 12.6. The summed E-state index contributed by atoms with van der Waals surface area (Å²) >= 11 is 5.92. The predicted octanol–water partition coefficient (Wildman–Crippen LogP) is 2.69. The van der Waals surface area contributed by atoms with Crippen molar-refractivity contribution in [3.05, 3.63) is 65.2 Å². The van der Waals surface area contributed by atoms with Crippen molar-refractivity contribution in [1.82, 2.24) is 9.62 Å². The highest BCUT2D eigenvalue weighted by Gasteiger charge is 2.25. The van der Waals surface area contributed by atoms with E-state index in [1.54, 1.807) is 18.2 Å². The molecule has 0 amide bonds. The summed E-state index contributed by atoms with van der Waals surface area (Å²) in [6, 6.07) is 16.2. The Bertz CT molecular complexity index is 793. The molecule has 0 bridgehead atoms. The number of hydrogen-bond acceptors (Lipinski definition) is 4. The molecule has 134 valence electrons. The first-order chi connectivity index (χ1) is 12.1. The largest absolute Gasteiger partial charge is 0.379 e. The van der Waals surface area contributed by atoms with E-state index >= 15 is 0 Å². The lowest BCUT2D eigenvalue weighted by Crippen LogP contribution is -2.43. The third kappa shape index (κ3) is 4.80. The number of nitrogens with zero attached hydrogens (tertiary/aromatic N) is 1. The van der Waals surface area contributed by atoms with Crippen LogP contribution >= 0.6 is 11.6 Å². The summed E-state index contributed by atoms with van der Waals surface area (Å²) < 4.78 is 33.3. The Labute approximate surface area is 153 Å². The van der Waals surface area contributed by atoms with Crippen LogP contribution < -0.4 is 4.72 Å². The number of nitrogens with one attached hydrogen (secondary N) is 1. The van der Waals surface area contributed by atoms with Gasteiger partial charge in [-0.1, -0.05) is 48.0 Å². The summed E-state index contributed by atoms with van der Waals surface area (Å²) in [7, 11) is -3.62. The molecule has 2 aromatic rings. The average Bonchev–Trinajstić information content (AvgIpc) is 2.64. The van der Waals surface area contributed by atoms with E-state index in [1.165, 1.54) is 6.07 Å². The van der Waals surface area contributed by atoms with Crippen LogP contribution in [0, 0.1) is 0 Å². The van der Waals surface area contributed by atoms with Crippen molar-refractivity contribution >= 4 is 21.6 Å². The molecule has 1 atom stereocenters. The molecule has 0 aliphatic carbocycles. The number of benzene rings is 2. The minimum atomic E-state index is -3.62. The van der Waals surface area contributed by atoms with Crippen molar-refractivity contribution in [3.63, 3.8) is 0 Å². The normalized spacial score (nSPS) is 17.3. The minimum Gasteiger partial charge on any atom is -0.379 e. The standard InChI is InChI=1S/C18H21ClN2O3S/c19-16-7-4-8-17(13-16)25(22,23)20-14-18(15-5-2-1-3-6-15)21-9-11-24-12-10-21/h1-8,13,18,20H,9-12,14H2/t18-/m1/s1. The van der Waals surface area contributed by atoms with Crippen LogP contribution in [-0.2, 0) is 14.8 Å². The SMILES string of the molecule is O=S(=O)(NC[C@H](c1ccccc1)N1CCOCC1)c1cccc(Cl)c1. The highest BCUT2D eigenvalue weighted by molar-refractivity contribution is 7.89. The van der Waals surface area contributed by atoms with Crippen LogP contribution in [-0.4, -0.2) is 46.2 Å². The fourth-order valence-electron chi connectivity index (χ4n) is 2.93. The van der Waals surface area contributed by atoms with Crippen molar-refractivity contribution < 1.29 is 13.2 Å². The molecule has 1 saturated heterocycles. The zero-order chi connectivity index (χ0) is 17.7. The molecule has 0 radical (unpaired) electrons. The zero-order valence-electron chi connectivity index (χ0n) is 13.8. The second kappa shape index (κ2) is 8.29. The first-order valence-electron chi connectivity index (χ1n) is 8.18. The fraction of sp³-hybridized carbons (Fsp3) is 0.333. The van der Waals surface area contributed by atoms with E-state index in [2.05, 4.69) is 9.62 Å². The number of sulfonamides is 1. The molecule has 1 heterocycles. The molecule has 1 aliphatic heterocycles. The molecule has 0 aromatic heterocycles. The van der Waals surface area contributed by atoms with Gasteiger partial charge in [0.25, 0.3) is 0 Å². The van der Waals surface area contributed by atoms with Crippen LogP contribution in [0.2, 0.25) is 5.02 Å². The Hall–Kier alpha value is -1.44. The Morgan fingerprint density at radius 3 is 2.48 bits per heavy atom. The molecule has 3 rings (SSSR count). The molecule has 25 heavy (non-hydrogen) atoms. The summed E-state index contributed by atoms with van der Waals surface area (Å²) in [5.74, 6) is 0. The second-order valence-corrected chi connectivity index (χ2v) is 8.09. The summed E-state index contributed by atoms with van der Waals surface area (Å²) in [5.41, 5.74) is 1.08. The summed E-state index contributed by atoms with van der Waals surface area (Å²) in [6.07, 6.45) is 0. The van der Waals surface area contributed by atoms with E-state index in [4.69, 9.17) is 16.3 Å². The Morgan fingerprint density at radius 2 is 1.80 bits per heavy atom.